The molecule has 22 heavy (non-hydrogen) atoms. The van der Waals surface area contributed by atoms with E-state index >= 15 is 0 Å². The van der Waals surface area contributed by atoms with Crippen LogP contribution in [0.25, 0.3) is 10.9 Å². The van der Waals surface area contributed by atoms with E-state index in [0.29, 0.717) is 11.5 Å². The van der Waals surface area contributed by atoms with Crippen LogP contribution in [0.5, 0.6) is 0 Å². The molecule has 0 aliphatic heterocycles. The van der Waals surface area contributed by atoms with Gasteiger partial charge in [0.25, 0.3) is 0 Å². The van der Waals surface area contributed by atoms with E-state index in [1.807, 2.05) is 38.1 Å². The van der Waals surface area contributed by atoms with Crippen LogP contribution < -0.4 is 0 Å². The molecular weight excluding hydrogens is 278 g/mol. The van der Waals surface area contributed by atoms with E-state index in [1.165, 1.54) is 0 Å². The number of carboxylic acid groups (broad SMARTS) is 1. The van der Waals surface area contributed by atoms with Crippen molar-refractivity contribution in [2.75, 3.05) is 0 Å². The van der Waals surface area contributed by atoms with Crippen LogP contribution in [-0.2, 0) is 6.54 Å². The second-order valence-electron chi connectivity index (χ2n) is 6.83. The molecule has 4 heteroatoms. The summed E-state index contributed by atoms with van der Waals surface area (Å²) in [5.41, 5.74) is 1.70. The van der Waals surface area contributed by atoms with E-state index in [4.69, 9.17) is 0 Å². The van der Waals surface area contributed by atoms with Gasteiger partial charge in [0.05, 0.1) is 11.2 Å². The van der Waals surface area contributed by atoms with Crippen LogP contribution in [0.1, 0.15) is 48.7 Å². The molecule has 1 aromatic carbocycles. The number of hydrogen-bond acceptors (Lipinski definition) is 2. The van der Waals surface area contributed by atoms with Crippen molar-refractivity contribution in [3.8, 4) is 0 Å². The van der Waals surface area contributed by atoms with Gasteiger partial charge >= 0.3 is 5.97 Å². The summed E-state index contributed by atoms with van der Waals surface area (Å²) in [6.07, 6.45) is 3.62. The highest BCUT2D eigenvalue weighted by Crippen LogP contribution is 2.34. The number of nitrogens with zero attached hydrogens (tertiary/aromatic N) is 1. The zero-order valence-corrected chi connectivity index (χ0v) is 13.2. The second kappa shape index (κ2) is 5.43. The number of carbonyl (C=O) groups is 1. The van der Waals surface area contributed by atoms with Crippen molar-refractivity contribution in [2.24, 2.45) is 5.92 Å². The molecular formula is C18H23NO3. The first kappa shape index (κ1) is 15.1. The number of aromatic carboxylic acids is 1. The average Bonchev–Trinajstić information content (AvgIpc) is 2.74. The van der Waals surface area contributed by atoms with E-state index in [9.17, 15) is 15.0 Å². The van der Waals surface area contributed by atoms with Gasteiger partial charge in [0.15, 0.2) is 0 Å². The highest BCUT2D eigenvalue weighted by Gasteiger charge is 2.29. The Morgan fingerprint density at radius 2 is 1.95 bits per heavy atom. The first-order chi connectivity index (χ1) is 10.4. The van der Waals surface area contributed by atoms with Crippen LogP contribution in [-0.4, -0.2) is 26.4 Å². The number of aromatic nitrogens is 1. The molecule has 0 amide bonds. The minimum absolute atomic E-state index is 0.415. The number of rotatable bonds is 3. The van der Waals surface area contributed by atoms with E-state index in [-0.39, 0.29) is 0 Å². The average molecular weight is 301 g/mol. The largest absolute Gasteiger partial charge is 0.478 e. The number of carboxylic acids is 1. The molecule has 118 valence electrons. The molecule has 0 radical (unpaired) electrons. The molecule has 1 aliphatic carbocycles. The van der Waals surface area contributed by atoms with Crippen LogP contribution in [0.15, 0.2) is 24.3 Å². The minimum atomic E-state index is -0.862. The van der Waals surface area contributed by atoms with Crippen LogP contribution >= 0.6 is 0 Å². The summed E-state index contributed by atoms with van der Waals surface area (Å²) in [4.78, 5) is 11.6. The summed E-state index contributed by atoms with van der Waals surface area (Å²) in [5.74, 6) is -0.365. The molecule has 0 bridgehead atoms. The lowest BCUT2D eigenvalue weighted by atomic mass is 9.80. The zero-order chi connectivity index (χ0) is 15.9. The van der Waals surface area contributed by atoms with E-state index < -0.39 is 11.6 Å². The molecule has 4 nitrogen and oxygen atoms in total. The predicted octanol–water partition coefficient (Wildman–Crippen LogP) is 3.59. The Kier molecular flexibility index (Phi) is 3.73. The number of para-hydroxylation sites is 1. The van der Waals surface area contributed by atoms with Crippen LogP contribution in [0, 0.1) is 12.8 Å². The lowest BCUT2D eigenvalue weighted by molar-refractivity contribution is 0.00592. The third-order valence-corrected chi connectivity index (χ3v) is 5.07. The van der Waals surface area contributed by atoms with Crippen LogP contribution in [0.3, 0.4) is 0 Å². The molecule has 2 aromatic rings. The van der Waals surface area contributed by atoms with E-state index in [2.05, 4.69) is 4.57 Å². The van der Waals surface area contributed by atoms with E-state index in [0.717, 1.165) is 48.8 Å². The molecule has 0 spiro atoms. The first-order valence-corrected chi connectivity index (χ1v) is 7.92. The third kappa shape index (κ3) is 2.63. The van der Waals surface area contributed by atoms with Gasteiger partial charge in [0.1, 0.15) is 0 Å². The Labute approximate surface area is 130 Å². The third-order valence-electron chi connectivity index (χ3n) is 5.07. The van der Waals surface area contributed by atoms with Gasteiger partial charge < -0.3 is 14.8 Å². The molecule has 1 heterocycles. The minimum Gasteiger partial charge on any atom is -0.478 e. The van der Waals surface area contributed by atoms with E-state index in [1.54, 1.807) is 0 Å². The van der Waals surface area contributed by atoms with Gasteiger partial charge in [0, 0.05) is 23.1 Å². The maximum absolute atomic E-state index is 11.6. The van der Waals surface area contributed by atoms with Crippen molar-refractivity contribution in [1.82, 2.24) is 4.57 Å². The Morgan fingerprint density at radius 3 is 2.59 bits per heavy atom. The molecule has 1 aliphatic rings. The number of fused-ring (bicyclic) bond motifs is 1. The fraction of sp³-hybridized carbons (Fsp3) is 0.500. The van der Waals surface area contributed by atoms with Gasteiger partial charge in [-0.25, -0.2) is 4.79 Å². The maximum atomic E-state index is 11.6. The Hall–Kier alpha value is -1.81. The first-order valence-electron chi connectivity index (χ1n) is 7.92. The Balaban J connectivity index is 1.94. The summed E-state index contributed by atoms with van der Waals surface area (Å²) in [7, 11) is 0. The van der Waals surface area contributed by atoms with Gasteiger partial charge in [-0.2, -0.15) is 0 Å². The summed E-state index contributed by atoms with van der Waals surface area (Å²) in [6.45, 7) is 4.63. The standard InChI is InChI=1S/C18H23NO3/c1-12-16(17(20)21)14-5-3-4-6-15(14)19(12)11-13-7-9-18(2,22)10-8-13/h3-6,13,22H,7-11H2,1-2H3,(H,20,21). The van der Waals surface area contributed by atoms with Crippen LogP contribution in [0.4, 0.5) is 0 Å². The number of benzene rings is 1. The molecule has 0 saturated heterocycles. The lowest BCUT2D eigenvalue weighted by Crippen LogP contribution is -2.31. The monoisotopic (exact) mass is 301 g/mol. The maximum Gasteiger partial charge on any atom is 0.338 e. The quantitative estimate of drug-likeness (QED) is 0.910. The highest BCUT2D eigenvalue weighted by atomic mass is 16.4. The Morgan fingerprint density at radius 1 is 1.32 bits per heavy atom. The van der Waals surface area contributed by atoms with Crippen molar-refractivity contribution >= 4 is 16.9 Å². The lowest BCUT2D eigenvalue weighted by Gasteiger charge is -2.33. The summed E-state index contributed by atoms with van der Waals surface area (Å²) < 4.78 is 2.14. The van der Waals surface area contributed by atoms with Gasteiger partial charge in [-0.05, 0) is 51.5 Å². The SMILES string of the molecule is Cc1c(C(=O)O)c2ccccc2n1CC1CCC(C)(O)CC1. The summed E-state index contributed by atoms with van der Waals surface area (Å²) in [6, 6.07) is 7.72. The molecule has 1 fully saturated rings. The zero-order valence-electron chi connectivity index (χ0n) is 13.2. The van der Waals surface area contributed by atoms with Crippen molar-refractivity contribution in [1.29, 1.82) is 0 Å². The van der Waals surface area contributed by atoms with Crippen molar-refractivity contribution < 1.29 is 15.0 Å². The van der Waals surface area contributed by atoms with Gasteiger partial charge in [-0.1, -0.05) is 18.2 Å². The van der Waals surface area contributed by atoms with Crippen LogP contribution in [0.2, 0.25) is 0 Å². The molecule has 0 atom stereocenters. The second-order valence-corrected chi connectivity index (χ2v) is 6.83. The fourth-order valence-electron chi connectivity index (χ4n) is 3.68. The molecule has 1 aromatic heterocycles. The summed E-state index contributed by atoms with van der Waals surface area (Å²) in [5, 5.41) is 20.4. The summed E-state index contributed by atoms with van der Waals surface area (Å²) >= 11 is 0. The number of aliphatic hydroxyl groups is 1. The van der Waals surface area contributed by atoms with Crippen molar-refractivity contribution in [3.63, 3.8) is 0 Å². The van der Waals surface area contributed by atoms with Crippen molar-refractivity contribution in [3.05, 3.63) is 35.5 Å². The van der Waals surface area contributed by atoms with Gasteiger partial charge in [0.2, 0.25) is 0 Å². The van der Waals surface area contributed by atoms with Gasteiger partial charge in [-0.3, -0.25) is 0 Å². The topological polar surface area (TPSA) is 62.5 Å². The Bertz CT molecular complexity index is 704. The predicted molar refractivity (Wildman–Crippen MR) is 86.2 cm³/mol. The fourth-order valence-corrected chi connectivity index (χ4v) is 3.68. The van der Waals surface area contributed by atoms with Crippen molar-refractivity contribution in [2.45, 2.75) is 51.7 Å². The smallest absolute Gasteiger partial charge is 0.338 e. The highest BCUT2D eigenvalue weighted by molar-refractivity contribution is 6.05. The normalized spacial score (nSPS) is 25.5. The van der Waals surface area contributed by atoms with Gasteiger partial charge in [-0.15, -0.1) is 0 Å². The molecule has 0 unspecified atom stereocenters. The number of hydrogen-bond donors (Lipinski definition) is 2. The molecule has 3 rings (SSSR count). The molecule has 1 saturated carbocycles. The molecule has 2 N–H and O–H groups in total.